The molecule has 18 heavy (non-hydrogen) atoms. The highest BCUT2D eigenvalue weighted by atomic mass is 32.1. The van der Waals surface area contributed by atoms with Gasteiger partial charge in [-0.2, -0.15) is 0 Å². The zero-order chi connectivity index (χ0) is 12.4. The monoisotopic (exact) mass is 255 g/mol. The molecule has 0 fully saturated rings. The summed E-state index contributed by atoms with van der Waals surface area (Å²) in [6.07, 6.45) is 2.00. The van der Waals surface area contributed by atoms with Crippen LogP contribution in [0.3, 0.4) is 0 Å². The lowest BCUT2D eigenvalue weighted by Gasteiger charge is -2.10. The van der Waals surface area contributed by atoms with E-state index in [1.54, 1.807) is 17.5 Å². The van der Waals surface area contributed by atoms with Crippen LogP contribution >= 0.6 is 11.3 Å². The minimum Gasteiger partial charge on any atom is -0.387 e. The molecule has 0 saturated carbocycles. The molecule has 0 amide bonds. The van der Waals surface area contributed by atoms with E-state index < -0.39 is 6.10 Å². The normalized spacial score (nSPS) is 12.7. The fraction of sp³-hybridized carbons (Fsp3) is 0.133. The quantitative estimate of drug-likeness (QED) is 0.776. The van der Waals surface area contributed by atoms with Gasteiger partial charge in [0.25, 0.3) is 0 Å². The first kappa shape index (κ1) is 11.4. The maximum absolute atomic E-state index is 10.2. The highest BCUT2D eigenvalue weighted by molar-refractivity contribution is 7.10. The van der Waals surface area contributed by atoms with Gasteiger partial charge in [0.2, 0.25) is 0 Å². The Labute approximate surface area is 110 Å². The van der Waals surface area contributed by atoms with Crippen molar-refractivity contribution in [3.05, 3.63) is 64.5 Å². The van der Waals surface area contributed by atoms with Crippen molar-refractivity contribution < 1.29 is 5.11 Å². The fourth-order valence-corrected chi connectivity index (χ4v) is 2.83. The summed E-state index contributed by atoms with van der Waals surface area (Å²) in [4.78, 5) is 5.34. The molecule has 0 aliphatic carbocycles. The molecule has 1 aromatic carbocycles. The minimum absolute atomic E-state index is 0.434. The molecular weight excluding hydrogens is 242 g/mol. The molecule has 0 spiro atoms. The summed E-state index contributed by atoms with van der Waals surface area (Å²) < 4.78 is 0. The van der Waals surface area contributed by atoms with E-state index in [1.807, 2.05) is 41.8 Å². The maximum Gasteiger partial charge on any atom is 0.0922 e. The fourth-order valence-electron chi connectivity index (χ4n) is 2.12. The van der Waals surface area contributed by atoms with Gasteiger partial charge in [0.15, 0.2) is 0 Å². The SMILES string of the molecule is OC(Cc1ccnc2ccccc12)c1cccs1. The van der Waals surface area contributed by atoms with Crippen LogP contribution in [0.2, 0.25) is 0 Å². The zero-order valence-electron chi connectivity index (χ0n) is 9.78. The van der Waals surface area contributed by atoms with E-state index in [0.29, 0.717) is 6.42 Å². The number of aromatic nitrogens is 1. The van der Waals surface area contributed by atoms with E-state index in [-0.39, 0.29) is 0 Å². The lowest BCUT2D eigenvalue weighted by molar-refractivity contribution is 0.182. The van der Waals surface area contributed by atoms with Crippen molar-refractivity contribution in [1.29, 1.82) is 0 Å². The number of hydrogen-bond acceptors (Lipinski definition) is 3. The Hall–Kier alpha value is -1.71. The smallest absolute Gasteiger partial charge is 0.0922 e. The van der Waals surface area contributed by atoms with E-state index in [4.69, 9.17) is 0 Å². The molecule has 1 N–H and O–H groups in total. The Bertz CT molecular complexity index is 643. The van der Waals surface area contributed by atoms with Gasteiger partial charge in [0, 0.05) is 22.9 Å². The van der Waals surface area contributed by atoms with Gasteiger partial charge in [0.1, 0.15) is 0 Å². The lowest BCUT2D eigenvalue weighted by atomic mass is 10.0. The number of fused-ring (bicyclic) bond motifs is 1. The number of hydrogen-bond donors (Lipinski definition) is 1. The van der Waals surface area contributed by atoms with Crippen LogP contribution in [0.5, 0.6) is 0 Å². The number of aliphatic hydroxyl groups is 1. The van der Waals surface area contributed by atoms with Gasteiger partial charge in [-0.15, -0.1) is 11.3 Å². The predicted molar refractivity (Wildman–Crippen MR) is 74.7 cm³/mol. The molecule has 3 aromatic rings. The largest absolute Gasteiger partial charge is 0.387 e. The van der Waals surface area contributed by atoms with Crippen LogP contribution in [0.25, 0.3) is 10.9 Å². The van der Waals surface area contributed by atoms with Crippen molar-refractivity contribution in [2.45, 2.75) is 12.5 Å². The van der Waals surface area contributed by atoms with E-state index in [1.165, 1.54) is 0 Å². The zero-order valence-corrected chi connectivity index (χ0v) is 10.6. The van der Waals surface area contributed by atoms with Gasteiger partial charge in [-0.3, -0.25) is 4.98 Å². The average molecular weight is 255 g/mol. The van der Waals surface area contributed by atoms with Crippen LogP contribution in [-0.2, 0) is 6.42 Å². The number of para-hydroxylation sites is 1. The summed E-state index contributed by atoms with van der Waals surface area (Å²) in [7, 11) is 0. The molecular formula is C15H13NOS. The number of nitrogens with zero attached hydrogens (tertiary/aromatic N) is 1. The molecule has 1 unspecified atom stereocenters. The highest BCUT2D eigenvalue weighted by Crippen LogP contribution is 2.25. The number of aliphatic hydroxyl groups excluding tert-OH is 1. The van der Waals surface area contributed by atoms with Gasteiger partial charge in [-0.1, -0.05) is 24.3 Å². The third kappa shape index (κ3) is 2.15. The Balaban J connectivity index is 1.95. The molecule has 3 rings (SSSR count). The van der Waals surface area contributed by atoms with Gasteiger partial charge >= 0.3 is 0 Å². The number of thiophene rings is 1. The van der Waals surface area contributed by atoms with Crippen molar-refractivity contribution in [2.75, 3.05) is 0 Å². The van der Waals surface area contributed by atoms with Crippen molar-refractivity contribution in [3.8, 4) is 0 Å². The van der Waals surface area contributed by atoms with Crippen LogP contribution in [0.4, 0.5) is 0 Å². The summed E-state index contributed by atoms with van der Waals surface area (Å²) in [5, 5.41) is 13.3. The molecule has 2 aromatic heterocycles. The van der Waals surface area contributed by atoms with Crippen molar-refractivity contribution in [3.63, 3.8) is 0 Å². The van der Waals surface area contributed by atoms with Crippen LogP contribution in [0.1, 0.15) is 16.5 Å². The molecule has 90 valence electrons. The van der Waals surface area contributed by atoms with Crippen LogP contribution in [0, 0.1) is 0 Å². The van der Waals surface area contributed by atoms with Crippen LogP contribution in [0.15, 0.2) is 54.0 Å². The Morgan fingerprint density at radius 3 is 2.83 bits per heavy atom. The predicted octanol–water partition coefficient (Wildman–Crippen LogP) is 3.57. The molecule has 2 nitrogen and oxygen atoms in total. The molecule has 2 heterocycles. The lowest BCUT2D eigenvalue weighted by Crippen LogP contribution is -2.00. The topological polar surface area (TPSA) is 33.1 Å². The first-order chi connectivity index (χ1) is 8.84. The van der Waals surface area contributed by atoms with Crippen molar-refractivity contribution in [2.24, 2.45) is 0 Å². The van der Waals surface area contributed by atoms with Gasteiger partial charge in [-0.05, 0) is 29.1 Å². The molecule has 0 aliphatic heterocycles. The molecule has 1 atom stereocenters. The molecule has 0 bridgehead atoms. The van der Waals surface area contributed by atoms with Crippen LogP contribution < -0.4 is 0 Å². The molecule has 0 saturated heterocycles. The summed E-state index contributed by atoms with van der Waals surface area (Å²) in [6, 6.07) is 14.0. The van der Waals surface area contributed by atoms with E-state index >= 15 is 0 Å². The third-order valence-electron chi connectivity index (χ3n) is 3.02. The highest BCUT2D eigenvalue weighted by Gasteiger charge is 2.11. The second-order valence-electron chi connectivity index (χ2n) is 4.22. The molecule has 3 heteroatoms. The van der Waals surface area contributed by atoms with E-state index in [9.17, 15) is 5.11 Å². The summed E-state index contributed by atoms with van der Waals surface area (Å²) >= 11 is 1.59. The third-order valence-corrected chi connectivity index (χ3v) is 4.00. The van der Waals surface area contributed by atoms with Crippen LogP contribution in [-0.4, -0.2) is 10.1 Å². The first-order valence-electron chi connectivity index (χ1n) is 5.89. The Kier molecular flexibility index (Phi) is 3.09. The standard InChI is InChI=1S/C15H13NOS/c17-14(15-6-3-9-18-15)10-11-7-8-16-13-5-2-1-4-12(11)13/h1-9,14,17H,10H2. The average Bonchev–Trinajstić information content (AvgIpc) is 2.93. The van der Waals surface area contributed by atoms with Crippen molar-refractivity contribution >= 4 is 22.2 Å². The van der Waals surface area contributed by atoms with Gasteiger partial charge in [0.05, 0.1) is 11.6 Å². The van der Waals surface area contributed by atoms with Crippen molar-refractivity contribution in [1.82, 2.24) is 4.98 Å². The molecule has 0 radical (unpaired) electrons. The minimum atomic E-state index is -0.434. The Morgan fingerprint density at radius 1 is 1.11 bits per heavy atom. The van der Waals surface area contributed by atoms with Gasteiger partial charge < -0.3 is 5.11 Å². The van der Waals surface area contributed by atoms with E-state index in [0.717, 1.165) is 21.3 Å². The first-order valence-corrected chi connectivity index (χ1v) is 6.76. The summed E-state index contributed by atoms with van der Waals surface area (Å²) in [5.74, 6) is 0. The number of pyridine rings is 1. The summed E-state index contributed by atoms with van der Waals surface area (Å²) in [6.45, 7) is 0. The maximum atomic E-state index is 10.2. The Morgan fingerprint density at radius 2 is 2.00 bits per heavy atom. The van der Waals surface area contributed by atoms with Gasteiger partial charge in [-0.25, -0.2) is 0 Å². The number of rotatable bonds is 3. The summed E-state index contributed by atoms with van der Waals surface area (Å²) in [5.41, 5.74) is 2.12. The van der Waals surface area contributed by atoms with E-state index in [2.05, 4.69) is 11.1 Å². The number of benzene rings is 1. The second kappa shape index (κ2) is 4.88. The molecule has 0 aliphatic rings. The second-order valence-corrected chi connectivity index (χ2v) is 5.20.